The van der Waals surface area contributed by atoms with Crippen LogP contribution in [-0.2, 0) is 0 Å². The maximum Gasteiger partial charge on any atom is 0.200 e. The van der Waals surface area contributed by atoms with E-state index in [0.717, 1.165) is 25.1 Å². The number of hydrogen-bond donors (Lipinski definition) is 0. The SMILES string of the molecule is Cc1c(F)c(F)c(-c2cccc(-c3c(F)c(F)c(F)c(F)c3F)c2Br)c(F)c1F. The molecule has 0 amide bonds. The standard InChI is InChI=1S/C19H6BrF9/c1-5-11(21)13(23)8(14(24)12(5)22)6-3-2-4-7(10(6)20)9-15(25)17(27)19(29)18(28)16(9)26/h2-4H,1H3. The Morgan fingerprint density at radius 3 is 1.21 bits per heavy atom. The first-order valence-corrected chi connectivity index (χ1v) is 8.43. The topological polar surface area (TPSA) is 0 Å². The van der Waals surface area contributed by atoms with Crippen LogP contribution in [0.4, 0.5) is 39.5 Å². The van der Waals surface area contributed by atoms with Crippen LogP contribution in [0.5, 0.6) is 0 Å². The van der Waals surface area contributed by atoms with Crippen LogP contribution in [0.25, 0.3) is 22.3 Å². The van der Waals surface area contributed by atoms with Crippen LogP contribution in [0.3, 0.4) is 0 Å². The number of hydrogen-bond acceptors (Lipinski definition) is 0. The molecule has 0 saturated heterocycles. The minimum Gasteiger partial charge on any atom is -0.203 e. The lowest BCUT2D eigenvalue weighted by Gasteiger charge is -2.15. The van der Waals surface area contributed by atoms with Crippen LogP contribution in [-0.4, -0.2) is 0 Å². The van der Waals surface area contributed by atoms with Gasteiger partial charge in [0.1, 0.15) is 0 Å². The largest absolute Gasteiger partial charge is 0.203 e. The zero-order chi connectivity index (χ0) is 21.8. The van der Waals surface area contributed by atoms with Gasteiger partial charge in [0.15, 0.2) is 46.5 Å². The van der Waals surface area contributed by atoms with Crippen molar-refractivity contribution in [3.8, 4) is 22.3 Å². The van der Waals surface area contributed by atoms with Crippen molar-refractivity contribution in [3.63, 3.8) is 0 Å². The van der Waals surface area contributed by atoms with Crippen molar-refractivity contribution in [3.05, 3.63) is 80.6 Å². The Balaban J connectivity index is 2.40. The average molecular weight is 485 g/mol. The van der Waals surface area contributed by atoms with E-state index in [1.54, 1.807) is 0 Å². The highest BCUT2D eigenvalue weighted by Crippen LogP contribution is 2.42. The van der Waals surface area contributed by atoms with Gasteiger partial charge in [-0.3, -0.25) is 0 Å². The molecule has 0 N–H and O–H groups in total. The zero-order valence-corrected chi connectivity index (χ0v) is 15.6. The predicted molar refractivity (Wildman–Crippen MR) is 89.4 cm³/mol. The van der Waals surface area contributed by atoms with Crippen molar-refractivity contribution in [1.29, 1.82) is 0 Å². The van der Waals surface area contributed by atoms with Crippen LogP contribution < -0.4 is 0 Å². The van der Waals surface area contributed by atoms with Gasteiger partial charge in [0.2, 0.25) is 5.82 Å². The van der Waals surface area contributed by atoms with E-state index in [2.05, 4.69) is 15.9 Å². The normalized spacial score (nSPS) is 11.3. The van der Waals surface area contributed by atoms with Crippen LogP contribution in [0.2, 0.25) is 0 Å². The Kier molecular flexibility index (Phi) is 5.42. The molecule has 3 aromatic carbocycles. The maximum absolute atomic E-state index is 14.3. The van der Waals surface area contributed by atoms with Crippen LogP contribution in [0.15, 0.2) is 22.7 Å². The summed E-state index contributed by atoms with van der Waals surface area (Å²) in [7, 11) is 0. The fourth-order valence-corrected chi connectivity index (χ4v) is 3.40. The lowest BCUT2D eigenvalue weighted by atomic mass is 9.96. The summed E-state index contributed by atoms with van der Waals surface area (Å²) in [4.78, 5) is 0. The molecule has 0 fully saturated rings. The number of benzene rings is 3. The molecular weight excluding hydrogens is 479 g/mol. The van der Waals surface area contributed by atoms with Crippen LogP contribution >= 0.6 is 15.9 Å². The Labute approximate surface area is 165 Å². The second-order valence-corrected chi connectivity index (χ2v) is 6.66. The van der Waals surface area contributed by atoms with Gasteiger partial charge in [-0.25, -0.2) is 39.5 Å². The van der Waals surface area contributed by atoms with Crippen molar-refractivity contribution < 1.29 is 39.5 Å². The third-order valence-corrected chi connectivity index (χ3v) is 5.08. The van der Waals surface area contributed by atoms with E-state index in [1.807, 2.05) is 0 Å². The molecule has 10 heteroatoms. The lowest BCUT2D eigenvalue weighted by Crippen LogP contribution is -2.06. The molecule has 3 rings (SSSR count). The van der Waals surface area contributed by atoms with Crippen molar-refractivity contribution in [1.82, 2.24) is 0 Å². The van der Waals surface area contributed by atoms with Gasteiger partial charge in [-0.15, -0.1) is 0 Å². The van der Waals surface area contributed by atoms with Crippen LogP contribution in [0.1, 0.15) is 5.56 Å². The molecule has 0 aliphatic rings. The third-order valence-electron chi connectivity index (χ3n) is 4.23. The van der Waals surface area contributed by atoms with E-state index in [4.69, 9.17) is 0 Å². The van der Waals surface area contributed by atoms with Gasteiger partial charge < -0.3 is 0 Å². The first-order chi connectivity index (χ1) is 13.5. The van der Waals surface area contributed by atoms with Gasteiger partial charge in [0.05, 0.1) is 11.1 Å². The second-order valence-electron chi connectivity index (χ2n) is 5.87. The molecule has 0 aliphatic heterocycles. The molecule has 0 nitrogen and oxygen atoms in total. The van der Waals surface area contributed by atoms with Crippen molar-refractivity contribution in [2.45, 2.75) is 6.92 Å². The molecule has 0 bridgehead atoms. The summed E-state index contributed by atoms with van der Waals surface area (Å²) in [5.74, 6) is -18.2. The summed E-state index contributed by atoms with van der Waals surface area (Å²) in [6, 6.07) is 2.79. The van der Waals surface area contributed by atoms with Gasteiger partial charge in [-0.1, -0.05) is 18.2 Å². The Morgan fingerprint density at radius 1 is 0.517 bits per heavy atom. The summed E-state index contributed by atoms with van der Waals surface area (Å²) in [5.41, 5.74) is -4.84. The highest BCUT2D eigenvalue weighted by atomic mass is 79.9. The highest BCUT2D eigenvalue weighted by Gasteiger charge is 2.30. The molecule has 0 radical (unpaired) electrons. The lowest BCUT2D eigenvalue weighted by molar-refractivity contribution is 0.381. The quantitative estimate of drug-likeness (QED) is 0.203. The van der Waals surface area contributed by atoms with E-state index >= 15 is 0 Å². The summed E-state index contributed by atoms with van der Waals surface area (Å²) >= 11 is 2.78. The average Bonchev–Trinajstić information content (AvgIpc) is 2.70. The minimum atomic E-state index is -2.39. The smallest absolute Gasteiger partial charge is 0.200 e. The fourth-order valence-electron chi connectivity index (χ4n) is 2.74. The Morgan fingerprint density at radius 2 is 0.828 bits per heavy atom. The molecule has 0 atom stereocenters. The Bertz CT molecular complexity index is 1030. The third kappa shape index (κ3) is 3.09. The highest BCUT2D eigenvalue weighted by molar-refractivity contribution is 9.10. The molecule has 3 aromatic rings. The number of rotatable bonds is 2. The summed E-state index contributed by atoms with van der Waals surface area (Å²) in [6.45, 7) is 0.793. The first kappa shape index (κ1) is 21.2. The van der Waals surface area contributed by atoms with E-state index in [9.17, 15) is 39.5 Å². The predicted octanol–water partition coefficient (Wildman–Crippen LogP) is 7.34. The molecule has 152 valence electrons. The summed E-state index contributed by atoms with van der Waals surface area (Å²) < 4.78 is 124. The number of halogens is 10. The van der Waals surface area contributed by atoms with Crippen molar-refractivity contribution in [2.75, 3.05) is 0 Å². The van der Waals surface area contributed by atoms with Gasteiger partial charge in [0.25, 0.3) is 0 Å². The Hall–Kier alpha value is -2.49. The molecule has 0 aliphatic carbocycles. The van der Waals surface area contributed by atoms with Crippen molar-refractivity contribution >= 4 is 15.9 Å². The second kappa shape index (κ2) is 7.40. The molecule has 29 heavy (non-hydrogen) atoms. The molecule has 0 saturated carbocycles. The van der Waals surface area contributed by atoms with Gasteiger partial charge in [0, 0.05) is 21.2 Å². The monoisotopic (exact) mass is 484 g/mol. The van der Waals surface area contributed by atoms with E-state index < -0.39 is 84.6 Å². The molecule has 0 unspecified atom stereocenters. The maximum atomic E-state index is 14.3. The van der Waals surface area contributed by atoms with E-state index in [-0.39, 0.29) is 0 Å². The zero-order valence-electron chi connectivity index (χ0n) is 14.0. The van der Waals surface area contributed by atoms with E-state index in [1.165, 1.54) is 0 Å². The molecule has 0 heterocycles. The van der Waals surface area contributed by atoms with Crippen molar-refractivity contribution in [2.24, 2.45) is 0 Å². The molecule has 0 spiro atoms. The molecular formula is C19H6BrF9. The molecule has 0 aromatic heterocycles. The summed E-state index contributed by atoms with van der Waals surface area (Å²) in [5, 5.41) is 0. The summed E-state index contributed by atoms with van der Waals surface area (Å²) in [6.07, 6.45) is 0. The minimum absolute atomic E-state index is 0.552. The fraction of sp³-hybridized carbons (Fsp3) is 0.0526. The van der Waals surface area contributed by atoms with Crippen LogP contribution in [0, 0.1) is 59.3 Å². The first-order valence-electron chi connectivity index (χ1n) is 7.63. The van der Waals surface area contributed by atoms with Gasteiger partial charge in [-0.05, 0) is 22.9 Å². The van der Waals surface area contributed by atoms with Gasteiger partial charge >= 0.3 is 0 Å². The van der Waals surface area contributed by atoms with Gasteiger partial charge in [-0.2, -0.15) is 0 Å². The van der Waals surface area contributed by atoms with E-state index in [0.29, 0.717) is 0 Å².